The van der Waals surface area contributed by atoms with Gasteiger partial charge in [0.2, 0.25) is 0 Å². The molecule has 0 aliphatic carbocycles. The van der Waals surface area contributed by atoms with E-state index in [1.54, 1.807) is 6.08 Å². The zero-order valence-electron chi connectivity index (χ0n) is 20.5. The summed E-state index contributed by atoms with van der Waals surface area (Å²) in [5, 5.41) is 2.59. The van der Waals surface area contributed by atoms with E-state index in [-0.39, 0.29) is 28.7 Å². The maximum Gasteiger partial charge on any atom is 0.308 e. The number of carbonyl (C=O) groups excluding carboxylic acids is 2. The first-order chi connectivity index (χ1) is 17.2. The lowest BCUT2D eigenvalue weighted by atomic mass is 9.91. The molecule has 8 heteroatoms. The number of ether oxygens (including phenoxy) is 2. The number of carbonyl (C=O) groups is 2. The summed E-state index contributed by atoms with van der Waals surface area (Å²) in [5.74, 6) is -2.30. The molecule has 1 fully saturated rings. The minimum Gasteiger partial charge on any atom is -0.482 e. The van der Waals surface area contributed by atoms with Gasteiger partial charge in [0.05, 0.1) is 24.3 Å². The third-order valence-electron chi connectivity index (χ3n) is 7.13. The SMILES string of the molecule is COC(=O)C1CCN(Cc2ccc(C3=CC(=C4C(=O)Nc5cc(F)c(F)cc54)OC3(C)C)cc2)CC1. The molecule has 188 valence electrons. The number of allylic oxidation sites excluding steroid dienone is 1. The number of piperidine rings is 1. The number of nitrogens with one attached hydrogen (secondary N) is 1. The number of halogens is 2. The van der Waals surface area contributed by atoms with Crippen LogP contribution in [0.3, 0.4) is 0 Å². The number of fused-ring (bicyclic) bond motifs is 1. The minimum atomic E-state index is -1.02. The van der Waals surface area contributed by atoms with E-state index in [2.05, 4.69) is 22.3 Å². The molecule has 0 radical (unpaired) electrons. The molecule has 5 rings (SSSR count). The third-order valence-corrected chi connectivity index (χ3v) is 7.13. The summed E-state index contributed by atoms with van der Waals surface area (Å²) in [6, 6.07) is 10.2. The molecule has 36 heavy (non-hydrogen) atoms. The molecule has 0 aromatic heterocycles. The van der Waals surface area contributed by atoms with E-state index in [1.807, 2.05) is 26.0 Å². The molecule has 3 aliphatic heterocycles. The van der Waals surface area contributed by atoms with Crippen molar-refractivity contribution in [2.24, 2.45) is 5.92 Å². The van der Waals surface area contributed by atoms with Gasteiger partial charge in [0.15, 0.2) is 11.6 Å². The molecule has 0 saturated carbocycles. The number of nitrogens with zero attached hydrogens (tertiary/aromatic N) is 1. The number of benzene rings is 2. The molecule has 0 atom stereocenters. The van der Waals surface area contributed by atoms with Crippen molar-refractivity contribution >= 4 is 28.7 Å². The Morgan fingerprint density at radius 1 is 1.14 bits per heavy atom. The smallest absolute Gasteiger partial charge is 0.308 e. The van der Waals surface area contributed by atoms with Crippen LogP contribution in [0, 0.1) is 17.6 Å². The monoisotopic (exact) mass is 494 g/mol. The number of likely N-dealkylation sites (tertiary alicyclic amines) is 1. The highest BCUT2D eigenvalue weighted by atomic mass is 19.2. The minimum absolute atomic E-state index is 0.0158. The highest BCUT2D eigenvalue weighted by Gasteiger charge is 2.38. The predicted molar refractivity (Wildman–Crippen MR) is 132 cm³/mol. The summed E-state index contributed by atoms with van der Waals surface area (Å²) in [6.07, 6.45) is 3.40. The molecule has 3 aliphatic rings. The molecule has 2 aromatic rings. The van der Waals surface area contributed by atoms with Crippen molar-refractivity contribution < 1.29 is 27.8 Å². The van der Waals surface area contributed by atoms with E-state index in [0.29, 0.717) is 5.76 Å². The van der Waals surface area contributed by atoms with Gasteiger partial charge in [-0.15, -0.1) is 0 Å². The summed E-state index contributed by atoms with van der Waals surface area (Å²) in [5.41, 5.74) is 2.98. The largest absolute Gasteiger partial charge is 0.482 e. The second kappa shape index (κ2) is 9.17. The van der Waals surface area contributed by atoms with Gasteiger partial charge in [-0.2, -0.15) is 0 Å². The van der Waals surface area contributed by atoms with Crippen LogP contribution in [-0.4, -0.2) is 42.6 Å². The number of hydrogen-bond acceptors (Lipinski definition) is 5. The molecule has 1 amide bonds. The van der Waals surface area contributed by atoms with Gasteiger partial charge >= 0.3 is 5.97 Å². The van der Waals surface area contributed by atoms with Gasteiger partial charge in [-0.25, -0.2) is 8.78 Å². The lowest BCUT2D eigenvalue weighted by molar-refractivity contribution is -0.147. The van der Waals surface area contributed by atoms with Gasteiger partial charge in [-0.05, 0) is 63.0 Å². The quantitative estimate of drug-likeness (QED) is 0.484. The fourth-order valence-electron chi connectivity index (χ4n) is 5.17. The first-order valence-electron chi connectivity index (χ1n) is 12.0. The summed E-state index contributed by atoms with van der Waals surface area (Å²) in [7, 11) is 1.43. The Balaban J connectivity index is 1.36. The van der Waals surface area contributed by atoms with Gasteiger partial charge in [-0.1, -0.05) is 24.3 Å². The fourth-order valence-corrected chi connectivity index (χ4v) is 5.17. The normalized spacial score (nSPS) is 21.6. The molecule has 6 nitrogen and oxygen atoms in total. The third kappa shape index (κ3) is 4.41. The summed E-state index contributed by atoms with van der Waals surface area (Å²) in [4.78, 5) is 26.7. The molecule has 0 bridgehead atoms. The van der Waals surface area contributed by atoms with Crippen molar-refractivity contribution in [1.82, 2.24) is 4.90 Å². The van der Waals surface area contributed by atoms with Crippen molar-refractivity contribution in [3.05, 3.63) is 76.6 Å². The highest BCUT2D eigenvalue weighted by Crippen LogP contribution is 2.44. The first-order valence-corrected chi connectivity index (χ1v) is 12.0. The molecule has 0 unspecified atom stereocenters. The number of amides is 1. The standard InChI is InChI=1S/C28H28F2N2O4/c1-28(2)20(13-24(36-28)25-19-12-21(29)22(30)14-23(19)31-26(25)33)17-6-4-16(5-7-17)15-32-10-8-18(9-11-32)27(34)35-3/h4-7,12-14,18H,8-11,15H2,1-3H3,(H,31,33). The van der Waals surface area contributed by atoms with Gasteiger partial charge in [0, 0.05) is 23.7 Å². The van der Waals surface area contributed by atoms with Crippen LogP contribution in [0.5, 0.6) is 0 Å². The van der Waals surface area contributed by atoms with Crippen LogP contribution in [0.15, 0.2) is 48.2 Å². The molecule has 0 spiro atoms. The summed E-state index contributed by atoms with van der Waals surface area (Å²) >= 11 is 0. The van der Waals surface area contributed by atoms with E-state index >= 15 is 0 Å². The van der Waals surface area contributed by atoms with Crippen LogP contribution in [0.4, 0.5) is 14.5 Å². The van der Waals surface area contributed by atoms with Gasteiger partial charge in [-0.3, -0.25) is 14.5 Å². The number of rotatable bonds is 4. The van der Waals surface area contributed by atoms with E-state index < -0.39 is 23.1 Å². The number of anilines is 1. The molecular formula is C28H28F2N2O4. The Hall–Kier alpha value is -3.52. The summed E-state index contributed by atoms with van der Waals surface area (Å²) < 4.78 is 38.6. The van der Waals surface area contributed by atoms with Crippen LogP contribution in [0.2, 0.25) is 0 Å². The van der Waals surface area contributed by atoms with Crippen LogP contribution in [0.1, 0.15) is 43.4 Å². The van der Waals surface area contributed by atoms with Crippen molar-refractivity contribution in [2.45, 2.75) is 38.8 Å². The predicted octanol–water partition coefficient (Wildman–Crippen LogP) is 4.91. The van der Waals surface area contributed by atoms with E-state index in [0.717, 1.165) is 61.3 Å². The molecule has 1 saturated heterocycles. The Labute approximate surface area is 208 Å². The molecular weight excluding hydrogens is 466 g/mol. The number of esters is 1. The van der Waals surface area contributed by atoms with Crippen molar-refractivity contribution in [2.75, 3.05) is 25.5 Å². The number of hydrogen-bond donors (Lipinski definition) is 1. The highest BCUT2D eigenvalue weighted by molar-refractivity contribution is 6.32. The molecule has 3 heterocycles. The Morgan fingerprint density at radius 2 is 1.81 bits per heavy atom. The van der Waals surface area contributed by atoms with Gasteiger partial charge in [0.25, 0.3) is 5.91 Å². The lowest BCUT2D eigenvalue weighted by Gasteiger charge is -2.30. The average molecular weight is 495 g/mol. The second-order valence-electron chi connectivity index (χ2n) is 9.95. The zero-order valence-corrected chi connectivity index (χ0v) is 20.5. The molecule has 1 N–H and O–H groups in total. The van der Waals surface area contributed by atoms with Gasteiger partial charge in [0.1, 0.15) is 11.4 Å². The van der Waals surface area contributed by atoms with E-state index in [1.165, 1.54) is 7.11 Å². The average Bonchev–Trinajstić information content (AvgIpc) is 3.34. The fraction of sp³-hybridized carbons (Fsp3) is 0.357. The van der Waals surface area contributed by atoms with E-state index in [9.17, 15) is 18.4 Å². The zero-order chi connectivity index (χ0) is 25.6. The second-order valence-corrected chi connectivity index (χ2v) is 9.95. The first kappa shape index (κ1) is 24.2. The van der Waals surface area contributed by atoms with Crippen molar-refractivity contribution in [3.63, 3.8) is 0 Å². The van der Waals surface area contributed by atoms with Gasteiger partial charge < -0.3 is 14.8 Å². The van der Waals surface area contributed by atoms with Crippen LogP contribution >= 0.6 is 0 Å². The number of methoxy groups -OCH3 is 1. The Morgan fingerprint density at radius 3 is 2.47 bits per heavy atom. The maximum absolute atomic E-state index is 13.9. The maximum atomic E-state index is 13.9. The Bertz CT molecular complexity index is 1290. The van der Waals surface area contributed by atoms with Crippen molar-refractivity contribution in [3.8, 4) is 0 Å². The van der Waals surface area contributed by atoms with Crippen molar-refractivity contribution in [1.29, 1.82) is 0 Å². The van der Waals surface area contributed by atoms with Crippen LogP contribution in [0.25, 0.3) is 11.1 Å². The van der Waals surface area contributed by atoms with Crippen LogP contribution < -0.4 is 5.32 Å². The van der Waals surface area contributed by atoms with E-state index in [4.69, 9.17) is 9.47 Å². The topological polar surface area (TPSA) is 67.9 Å². The summed E-state index contributed by atoms with van der Waals surface area (Å²) in [6.45, 7) is 6.30. The lowest BCUT2D eigenvalue weighted by Crippen LogP contribution is -2.36. The Kier molecular flexibility index (Phi) is 6.16. The van der Waals surface area contributed by atoms with Crippen LogP contribution in [-0.2, 0) is 25.6 Å². The molecule has 2 aromatic carbocycles.